The van der Waals surface area contributed by atoms with E-state index in [2.05, 4.69) is 20.8 Å². The van der Waals surface area contributed by atoms with Crippen molar-refractivity contribution in [2.75, 3.05) is 0 Å². The number of carbonyl (C=O) groups is 1. The third-order valence-corrected chi connectivity index (χ3v) is 0.977. The predicted octanol–water partition coefficient (Wildman–Crippen LogP) is 3.67. The first-order valence-electron chi connectivity index (χ1n) is 4.41. The second-order valence-corrected chi connectivity index (χ2v) is 3.20. The smallest absolute Gasteiger partial charge is 0.120 e. The van der Waals surface area contributed by atoms with E-state index in [1.165, 1.54) is 0 Å². The Balaban J connectivity index is -0.000000249. The third-order valence-electron chi connectivity index (χ3n) is 0.977. The quantitative estimate of drug-likeness (QED) is 0.565. The van der Waals surface area contributed by atoms with Gasteiger partial charge in [0.25, 0.3) is 0 Å². The van der Waals surface area contributed by atoms with Gasteiger partial charge >= 0.3 is 0 Å². The van der Waals surface area contributed by atoms with Crippen LogP contribution in [0.5, 0.6) is 0 Å². The van der Waals surface area contributed by atoms with E-state index >= 15 is 0 Å². The van der Waals surface area contributed by atoms with Crippen LogP contribution in [0.15, 0.2) is 0 Å². The topological polar surface area (TPSA) is 17.1 Å². The Morgan fingerprint density at radius 2 is 1.73 bits per heavy atom. The molecule has 0 heterocycles. The minimum absolute atomic E-state index is 0. The van der Waals surface area contributed by atoms with Crippen molar-refractivity contribution < 1.29 is 6.17 Å². The molecule has 0 rings (SSSR count). The summed E-state index contributed by atoms with van der Waals surface area (Å²) in [5, 5.41) is 0. The second kappa shape index (κ2) is 9.67. The van der Waals surface area contributed by atoms with Crippen molar-refractivity contribution in [1.82, 2.24) is 0 Å². The van der Waals surface area contributed by atoms with E-state index in [1.54, 1.807) is 0 Å². The highest BCUT2D eigenvalue weighted by Crippen LogP contribution is 2.18. The molecule has 0 bridgehead atoms. The van der Waals surface area contributed by atoms with Crippen molar-refractivity contribution in [1.29, 1.82) is 0 Å². The van der Waals surface area contributed by atoms with Gasteiger partial charge in [-0.15, -0.1) is 0 Å². The molecule has 0 saturated carbocycles. The summed E-state index contributed by atoms with van der Waals surface area (Å²) in [6, 6.07) is 0. The summed E-state index contributed by atoms with van der Waals surface area (Å²) >= 11 is 0. The van der Waals surface area contributed by atoms with Gasteiger partial charge in [-0.05, 0) is 11.8 Å². The molecule has 0 spiro atoms. The first-order valence-corrected chi connectivity index (χ1v) is 3.91. The van der Waals surface area contributed by atoms with Crippen LogP contribution in [0, 0.1) is 5.41 Å². The Bertz CT molecular complexity index is 103. The zero-order chi connectivity index (χ0) is 9.49. The Labute approximate surface area is 73.6 Å². The van der Waals surface area contributed by atoms with Gasteiger partial charge in [0.05, 0.1) is 0 Å². The lowest BCUT2D eigenvalue weighted by atomic mass is 9.91. The fourth-order valence-corrected chi connectivity index (χ4v) is 0.426. The Morgan fingerprint density at radius 3 is 1.82 bits per heavy atom. The van der Waals surface area contributed by atoms with Gasteiger partial charge in [0.1, 0.15) is 7.63 Å². The van der Waals surface area contributed by atoms with Crippen LogP contribution in [0.2, 0.25) is 0 Å². The van der Waals surface area contributed by atoms with E-state index in [4.69, 9.17) is 1.37 Å². The normalized spacial score (nSPS) is 10.1. The molecule has 0 aromatic rings. The minimum atomic E-state index is -0.454. The standard InChI is InChI=1S/C7H14O.C2H6.CH4/c1-7(2,3)5-4-6-8;1-2;/h6H,4-5H2,1-3H3;1-2H3;1H4/i6D;;. The molecule has 1 heteroatoms. The van der Waals surface area contributed by atoms with Gasteiger partial charge in [0, 0.05) is 6.42 Å². The number of hydrogen-bond acceptors (Lipinski definition) is 1. The number of carbonyl (C=O) groups excluding carboxylic acids is 1. The monoisotopic (exact) mass is 161 g/mol. The van der Waals surface area contributed by atoms with Gasteiger partial charge in [-0.3, -0.25) is 0 Å². The number of aldehydes is 1. The van der Waals surface area contributed by atoms with Crippen LogP contribution in [0.4, 0.5) is 0 Å². The van der Waals surface area contributed by atoms with Gasteiger partial charge in [-0.25, -0.2) is 0 Å². The van der Waals surface area contributed by atoms with E-state index in [1.807, 2.05) is 13.8 Å². The maximum Gasteiger partial charge on any atom is 0.120 e. The van der Waals surface area contributed by atoms with E-state index in [-0.39, 0.29) is 12.8 Å². The number of rotatable bonds is 2. The Morgan fingerprint density at radius 1 is 1.36 bits per heavy atom. The second-order valence-electron chi connectivity index (χ2n) is 3.20. The van der Waals surface area contributed by atoms with Crippen LogP contribution < -0.4 is 0 Å². The van der Waals surface area contributed by atoms with Gasteiger partial charge < -0.3 is 4.79 Å². The molecule has 0 amide bonds. The molecule has 0 atom stereocenters. The molecule has 0 saturated heterocycles. The van der Waals surface area contributed by atoms with Crippen molar-refractivity contribution >= 4 is 6.26 Å². The Hall–Kier alpha value is -0.330. The fraction of sp³-hybridized carbons (Fsp3) is 0.900. The maximum atomic E-state index is 10.2. The van der Waals surface area contributed by atoms with E-state index in [0.29, 0.717) is 6.42 Å². The van der Waals surface area contributed by atoms with Crippen LogP contribution in [-0.4, -0.2) is 6.26 Å². The molecular formula is C10H24O. The van der Waals surface area contributed by atoms with Gasteiger partial charge in [-0.2, -0.15) is 0 Å². The molecular weight excluding hydrogens is 136 g/mol. The summed E-state index contributed by atoms with van der Waals surface area (Å²) in [5.41, 5.74) is 0.191. The van der Waals surface area contributed by atoms with Crippen molar-refractivity contribution in [2.24, 2.45) is 5.41 Å². The van der Waals surface area contributed by atoms with Crippen molar-refractivity contribution in [2.45, 2.75) is 54.9 Å². The highest BCUT2D eigenvalue weighted by atomic mass is 16.1. The zero-order valence-corrected chi connectivity index (χ0v) is 7.82. The molecule has 0 aromatic heterocycles. The summed E-state index contributed by atoms with van der Waals surface area (Å²) in [6.07, 6.45) is 0.753. The Kier molecular flexibility index (Phi) is 11.7. The highest BCUT2D eigenvalue weighted by Gasteiger charge is 2.07. The summed E-state index contributed by atoms with van der Waals surface area (Å²) in [4.78, 5) is 10.2. The molecule has 0 aliphatic rings. The molecule has 70 valence electrons. The molecule has 0 aliphatic heterocycles. The average molecular weight is 161 g/mol. The maximum absolute atomic E-state index is 10.2. The molecule has 0 N–H and O–H groups in total. The fourth-order valence-electron chi connectivity index (χ4n) is 0.426. The summed E-state index contributed by atoms with van der Waals surface area (Å²) < 4.78 is 6.62. The van der Waals surface area contributed by atoms with Gasteiger partial charge in [0.2, 0.25) is 0 Å². The van der Waals surface area contributed by atoms with Crippen LogP contribution in [0.3, 0.4) is 0 Å². The first-order chi connectivity index (χ1) is 4.92. The summed E-state index contributed by atoms with van der Waals surface area (Å²) in [7, 11) is 0. The van der Waals surface area contributed by atoms with Crippen LogP contribution in [0.25, 0.3) is 0 Å². The predicted molar refractivity (Wildman–Crippen MR) is 52.8 cm³/mol. The minimum Gasteiger partial charge on any atom is -0.303 e. The lowest BCUT2D eigenvalue weighted by molar-refractivity contribution is -0.108. The van der Waals surface area contributed by atoms with E-state index < -0.39 is 6.26 Å². The van der Waals surface area contributed by atoms with Gasteiger partial charge in [0.15, 0.2) is 0 Å². The highest BCUT2D eigenvalue weighted by molar-refractivity contribution is 5.49. The average Bonchev–Trinajstić information content (AvgIpc) is 1.87. The molecule has 11 heavy (non-hydrogen) atoms. The molecule has 0 radical (unpaired) electrons. The molecule has 0 unspecified atom stereocenters. The SMILES string of the molecule is C.CC.[2H]C(=O)CCC(C)(C)C. The number of hydrogen-bond donors (Lipinski definition) is 0. The third kappa shape index (κ3) is 26.1. The van der Waals surface area contributed by atoms with Crippen LogP contribution in [-0.2, 0) is 4.79 Å². The van der Waals surface area contributed by atoms with Crippen LogP contribution in [0.1, 0.15) is 56.3 Å². The van der Waals surface area contributed by atoms with Gasteiger partial charge in [-0.1, -0.05) is 42.0 Å². The zero-order valence-electron chi connectivity index (χ0n) is 8.82. The molecule has 0 fully saturated rings. The van der Waals surface area contributed by atoms with Crippen LogP contribution >= 0.6 is 0 Å². The molecule has 1 nitrogen and oxygen atoms in total. The van der Waals surface area contributed by atoms with E-state index in [0.717, 1.165) is 6.42 Å². The lowest BCUT2D eigenvalue weighted by Gasteiger charge is -2.14. The summed E-state index contributed by atoms with van der Waals surface area (Å²) in [5.74, 6) is 0. The van der Waals surface area contributed by atoms with Crippen molar-refractivity contribution in [3.05, 3.63) is 0 Å². The first kappa shape index (κ1) is 13.3. The molecule has 0 aromatic carbocycles. The van der Waals surface area contributed by atoms with Crippen molar-refractivity contribution in [3.8, 4) is 0 Å². The lowest BCUT2D eigenvalue weighted by Crippen LogP contribution is -2.03. The summed E-state index contributed by atoms with van der Waals surface area (Å²) in [6.45, 7) is 10.2. The molecule has 0 aliphatic carbocycles. The van der Waals surface area contributed by atoms with Crippen molar-refractivity contribution in [3.63, 3.8) is 0 Å². The largest absolute Gasteiger partial charge is 0.303 e. The van der Waals surface area contributed by atoms with E-state index in [9.17, 15) is 4.79 Å².